The summed E-state index contributed by atoms with van der Waals surface area (Å²) in [7, 11) is 0. The van der Waals surface area contributed by atoms with Gasteiger partial charge in [-0.3, -0.25) is 0 Å². The Labute approximate surface area is 106 Å². The second kappa shape index (κ2) is 4.33. The number of hydrogen-bond acceptors (Lipinski definition) is 2. The Hall–Kier alpha value is -2.03. The Morgan fingerprint density at radius 3 is 3.00 bits per heavy atom. The van der Waals surface area contributed by atoms with Crippen LogP contribution in [0.2, 0.25) is 0 Å². The van der Waals surface area contributed by atoms with E-state index in [9.17, 15) is 0 Å². The summed E-state index contributed by atoms with van der Waals surface area (Å²) in [5, 5.41) is 1.17. The zero-order valence-corrected chi connectivity index (χ0v) is 10.6. The highest BCUT2D eigenvalue weighted by Gasteiger charge is 2.14. The predicted octanol–water partition coefficient (Wildman–Crippen LogP) is 4.34. The Bertz CT molecular complexity index is 666. The number of para-hydroxylation sites is 1. The molecule has 0 saturated carbocycles. The topological polar surface area (TPSA) is 41.8 Å². The highest BCUT2D eigenvalue weighted by atomic mass is 16.4. The number of aromatic amines is 1. The average Bonchev–Trinajstić information content (AvgIpc) is 3.03. The zero-order valence-electron chi connectivity index (χ0n) is 10.6. The Morgan fingerprint density at radius 1 is 1.33 bits per heavy atom. The van der Waals surface area contributed by atoms with Gasteiger partial charge < -0.3 is 9.40 Å². The van der Waals surface area contributed by atoms with E-state index in [1.807, 2.05) is 24.5 Å². The highest BCUT2D eigenvalue weighted by Crippen LogP contribution is 2.30. The van der Waals surface area contributed by atoms with Crippen molar-refractivity contribution in [2.24, 2.45) is 0 Å². The van der Waals surface area contributed by atoms with Crippen LogP contribution in [0, 0.1) is 0 Å². The smallest absolute Gasteiger partial charge is 0.197 e. The van der Waals surface area contributed by atoms with Crippen LogP contribution in [0.1, 0.15) is 32.1 Å². The minimum Gasteiger partial charge on any atom is -0.440 e. The molecule has 18 heavy (non-hydrogen) atoms. The lowest BCUT2D eigenvalue weighted by atomic mass is 10.1. The number of nitrogens with zero attached hydrogens (tertiary/aromatic N) is 1. The van der Waals surface area contributed by atoms with Crippen LogP contribution in [0.4, 0.5) is 0 Å². The first-order chi connectivity index (χ1) is 8.79. The van der Waals surface area contributed by atoms with Gasteiger partial charge in [0.2, 0.25) is 0 Å². The first kappa shape index (κ1) is 11.1. The summed E-state index contributed by atoms with van der Waals surface area (Å²) in [4.78, 5) is 7.62. The normalized spacial score (nSPS) is 13.0. The number of fused-ring (bicyclic) bond motifs is 1. The van der Waals surface area contributed by atoms with Crippen LogP contribution in [0.25, 0.3) is 22.2 Å². The van der Waals surface area contributed by atoms with Crippen molar-refractivity contribution >= 4 is 10.9 Å². The summed E-state index contributed by atoms with van der Waals surface area (Å²) < 4.78 is 5.86. The molecule has 92 valence electrons. The molecule has 0 unspecified atom stereocenters. The number of H-pyrrole nitrogens is 1. The summed E-state index contributed by atoms with van der Waals surface area (Å²) >= 11 is 0. The van der Waals surface area contributed by atoms with E-state index in [1.165, 1.54) is 5.39 Å². The van der Waals surface area contributed by atoms with Crippen LogP contribution in [0.3, 0.4) is 0 Å². The first-order valence-corrected chi connectivity index (χ1v) is 6.31. The van der Waals surface area contributed by atoms with Gasteiger partial charge in [-0.2, -0.15) is 0 Å². The number of nitrogens with one attached hydrogen (secondary N) is 1. The van der Waals surface area contributed by atoms with Gasteiger partial charge in [-0.05, 0) is 12.5 Å². The molecule has 0 amide bonds. The largest absolute Gasteiger partial charge is 0.440 e. The van der Waals surface area contributed by atoms with Crippen molar-refractivity contribution in [2.75, 3.05) is 0 Å². The molecule has 3 rings (SSSR count). The summed E-state index contributed by atoms with van der Waals surface area (Å²) in [6, 6.07) is 8.20. The number of benzene rings is 1. The summed E-state index contributed by atoms with van der Waals surface area (Å²) in [5.74, 6) is 2.02. The Balaban J connectivity index is 2.07. The monoisotopic (exact) mass is 240 g/mol. The molecule has 3 heteroatoms. The standard InChI is InChI=1S/C15H16N2O/c1-3-10(2)15-17-9-14(18-15)12-8-16-13-7-5-4-6-11(12)13/h4-10,16H,3H2,1-2H3/t10-/m0/s1. The van der Waals surface area contributed by atoms with Crippen molar-refractivity contribution in [1.82, 2.24) is 9.97 Å². The van der Waals surface area contributed by atoms with E-state index in [0.717, 1.165) is 29.2 Å². The van der Waals surface area contributed by atoms with E-state index in [1.54, 1.807) is 0 Å². The molecule has 3 nitrogen and oxygen atoms in total. The molecule has 1 N–H and O–H groups in total. The number of aromatic nitrogens is 2. The molecule has 0 bridgehead atoms. The Morgan fingerprint density at radius 2 is 2.17 bits per heavy atom. The fourth-order valence-corrected chi connectivity index (χ4v) is 2.09. The molecule has 0 radical (unpaired) electrons. The fourth-order valence-electron chi connectivity index (χ4n) is 2.09. The van der Waals surface area contributed by atoms with Gasteiger partial charge in [-0.1, -0.05) is 32.0 Å². The number of oxazole rings is 1. The van der Waals surface area contributed by atoms with Crippen LogP contribution < -0.4 is 0 Å². The van der Waals surface area contributed by atoms with E-state index in [-0.39, 0.29) is 0 Å². The van der Waals surface area contributed by atoms with Gasteiger partial charge in [0.1, 0.15) is 0 Å². The van der Waals surface area contributed by atoms with Gasteiger partial charge in [-0.15, -0.1) is 0 Å². The molecule has 0 spiro atoms. The minimum absolute atomic E-state index is 0.365. The van der Waals surface area contributed by atoms with Gasteiger partial charge in [0.15, 0.2) is 11.7 Å². The lowest BCUT2D eigenvalue weighted by Crippen LogP contribution is -1.89. The molecule has 1 atom stereocenters. The number of rotatable bonds is 3. The Kier molecular flexibility index (Phi) is 2.67. The zero-order chi connectivity index (χ0) is 12.5. The van der Waals surface area contributed by atoms with Crippen molar-refractivity contribution in [3.63, 3.8) is 0 Å². The SMILES string of the molecule is CC[C@H](C)c1ncc(-c2c[nH]c3ccccc23)o1. The van der Waals surface area contributed by atoms with E-state index in [4.69, 9.17) is 4.42 Å². The summed E-state index contributed by atoms with van der Waals surface area (Å²) in [6.45, 7) is 4.27. The molecular formula is C15H16N2O. The molecule has 0 aliphatic carbocycles. The third-order valence-corrected chi connectivity index (χ3v) is 3.41. The van der Waals surface area contributed by atoms with Crippen molar-refractivity contribution in [2.45, 2.75) is 26.2 Å². The van der Waals surface area contributed by atoms with Gasteiger partial charge in [0, 0.05) is 28.6 Å². The second-order valence-corrected chi connectivity index (χ2v) is 4.62. The fraction of sp³-hybridized carbons (Fsp3) is 0.267. The van der Waals surface area contributed by atoms with Crippen molar-refractivity contribution in [3.8, 4) is 11.3 Å². The van der Waals surface area contributed by atoms with Gasteiger partial charge in [0.25, 0.3) is 0 Å². The van der Waals surface area contributed by atoms with Crippen LogP contribution >= 0.6 is 0 Å². The third-order valence-electron chi connectivity index (χ3n) is 3.41. The van der Waals surface area contributed by atoms with Crippen molar-refractivity contribution < 1.29 is 4.42 Å². The summed E-state index contributed by atoms with van der Waals surface area (Å²) in [5.41, 5.74) is 2.20. The maximum atomic E-state index is 5.86. The maximum Gasteiger partial charge on any atom is 0.197 e. The van der Waals surface area contributed by atoms with Gasteiger partial charge in [0.05, 0.1) is 6.20 Å². The third kappa shape index (κ3) is 1.72. The van der Waals surface area contributed by atoms with E-state index in [2.05, 4.69) is 35.9 Å². The van der Waals surface area contributed by atoms with Crippen LogP contribution in [-0.4, -0.2) is 9.97 Å². The number of hydrogen-bond donors (Lipinski definition) is 1. The molecule has 0 aliphatic rings. The average molecular weight is 240 g/mol. The highest BCUT2D eigenvalue weighted by molar-refractivity contribution is 5.93. The molecule has 3 aromatic rings. The molecule has 2 aromatic heterocycles. The lowest BCUT2D eigenvalue weighted by molar-refractivity contribution is 0.462. The van der Waals surface area contributed by atoms with Gasteiger partial charge >= 0.3 is 0 Å². The maximum absolute atomic E-state index is 5.86. The predicted molar refractivity (Wildman–Crippen MR) is 72.5 cm³/mol. The molecule has 0 saturated heterocycles. The van der Waals surface area contributed by atoms with E-state index < -0.39 is 0 Å². The molecule has 0 aliphatic heterocycles. The minimum atomic E-state index is 0.365. The van der Waals surface area contributed by atoms with Crippen LogP contribution in [0.15, 0.2) is 41.1 Å². The first-order valence-electron chi connectivity index (χ1n) is 6.31. The lowest BCUT2D eigenvalue weighted by Gasteiger charge is -2.01. The molecular weight excluding hydrogens is 224 g/mol. The van der Waals surface area contributed by atoms with E-state index in [0.29, 0.717) is 5.92 Å². The summed E-state index contributed by atoms with van der Waals surface area (Å²) in [6.07, 6.45) is 4.83. The van der Waals surface area contributed by atoms with Crippen LogP contribution in [0.5, 0.6) is 0 Å². The van der Waals surface area contributed by atoms with Crippen molar-refractivity contribution in [3.05, 3.63) is 42.5 Å². The van der Waals surface area contributed by atoms with Gasteiger partial charge in [-0.25, -0.2) is 4.98 Å². The quantitative estimate of drug-likeness (QED) is 0.740. The van der Waals surface area contributed by atoms with E-state index >= 15 is 0 Å². The molecule has 2 heterocycles. The molecule has 1 aromatic carbocycles. The second-order valence-electron chi connectivity index (χ2n) is 4.62. The van der Waals surface area contributed by atoms with Crippen molar-refractivity contribution in [1.29, 1.82) is 0 Å². The molecule has 0 fully saturated rings. The van der Waals surface area contributed by atoms with Crippen LogP contribution in [-0.2, 0) is 0 Å².